The van der Waals surface area contributed by atoms with E-state index >= 15 is 0 Å². The van der Waals surface area contributed by atoms with Crippen LogP contribution in [0.5, 0.6) is 23.0 Å². The Morgan fingerprint density at radius 3 is 0.857 bits per heavy atom. The van der Waals surface area contributed by atoms with Gasteiger partial charge in [0.1, 0.15) is 23.0 Å². The second-order valence-electron chi connectivity index (χ2n) is 12.2. The molecule has 327 valence electrons. The SMILES string of the molecule is C.CC(C)(c1ccc(O)cc1)c1ccc(O)cc1.Cc1cc(C(C)(C)c2ccc(O)c(C)c2)ccc1O.[CH3-].[Cl][W]([Cl])([Cl])([Cl])([Cl])[Cl].[Cl][W]([Cl])([Cl])([Cl])[Cl].[Cl][W]([Cl])([Cl])[Cl]. The Morgan fingerprint density at radius 2 is 0.661 bits per heavy atom. The van der Waals surface area contributed by atoms with Crippen LogP contribution in [0.1, 0.15) is 68.5 Å². The van der Waals surface area contributed by atoms with Gasteiger partial charge in [0, 0.05) is 10.8 Å². The van der Waals surface area contributed by atoms with Crippen LogP contribution in [-0.4, -0.2) is 20.4 Å². The first kappa shape index (κ1) is 62.8. The van der Waals surface area contributed by atoms with Crippen LogP contribution in [0.15, 0.2) is 84.9 Å². The Morgan fingerprint density at radius 1 is 0.482 bits per heavy atom. The van der Waals surface area contributed by atoms with Crippen molar-refractivity contribution < 1.29 is 49.2 Å². The predicted octanol–water partition coefficient (Wildman–Crippen LogP) is 18.9. The fraction of sp³-hybridized carbons (Fsp3) is 0.265. The molecule has 0 amide bonds. The zero-order chi connectivity index (χ0) is 43.0. The molecule has 0 spiro atoms. The summed E-state index contributed by atoms with van der Waals surface area (Å²) in [4.78, 5) is 0. The summed E-state index contributed by atoms with van der Waals surface area (Å²) in [6.07, 6.45) is 0. The zero-order valence-electron chi connectivity index (χ0n) is 29.8. The monoisotopic (exact) mass is 1590 g/mol. The van der Waals surface area contributed by atoms with Crippen LogP contribution in [0, 0.1) is 21.3 Å². The molecule has 0 saturated heterocycles. The summed E-state index contributed by atoms with van der Waals surface area (Å²) in [5.74, 6) is 1.19. The van der Waals surface area contributed by atoms with Gasteiger partial charge in [-0.15, -0.1) is 0 Å². The van der Waals surface area contributed by atoms with Gasteiger partial charge in [0.05, 0.1) is 0 Å². The molecule has 0 fully saturated rings. The molecule has 0 atom stereocenters. The van der Waals surface area contributed by atoms with Gasteiger partial charge in [-0.2, -0.15) is 0 Å². The molecule has 0 saturated carbocycles. The molecule has 0 radical (unpaired) electrons. The maximum absolute atomic E-state index is 9.63. The standard InChI is InChI=1S/C17H20O2.C15H16O2.CH4.CH3.15ClH.3W/c1-11-9-13(5-7-15(11)18)17(3,4)14-6-8-16(19)12(2)10-14;1-15(2,11-3-7-13(16)8-4-11)12-5-9-14(17)10-6-12;;;;;;;;;;;;;;;;;;;;/h5-10,18-19H,1-4H3;3-10,16-17H,1-2H3;1H4;1H3;15*1H;;;/q;;;-1;;;;;;;;;;;;;;;;+4;+5;+6/p-15. The quantitative estimate of drug-likeness (QED) is 0.154. The average Bonchev–Trinajstić information content (AvgIpc) is 2.93. The van der Waals surface area contributed by atoms with E-state index in [4.69, 9.17) is 141 Å². The van der Waals surface area contributed by atoms with E-state index in [0.717, 1.165) is 33.4 Å². The van der Waals surface area contributed by atoms with E-state index in [9.17, 15) is 20.4 Å². The Bertz CT molecular complexity index is 1690. The molecule has 4 N–H and O–H groups in total. The number of hydrogen-bond acceptors (Lipinski definition) is 4. The molecule has 0 aliphatic heterocycles. The van der Waals surface area contributed by atoms with Gasteiger partial charge in [-0.05, 0) is 83.6 Å². The topological polar surface area (TPSA) is 80.9 Å². The van der Waals surface area contributed by atoms with Crippen molar-refractivity contribution in [3.63, 3.8) is 0 Å². The second-order valence-corrected chi connectivity index (χ2v) is 144. The van der Waals surface area contributed by atoms with Gasteiger partial charge in [0.2, 0.25) is 0 Å². The molecule has 0 aliphatic rings. The molecule has 4 aromatic carbocycles. The molecule has 4 aromatic rings. The summed E-state index contributed by atoms with van der Waals surface area (Å²) in [6.45, 7) is 12.3. The minimum absolute atomic E-state index is 0. The predicted molar refractivity (Wildman–Crippen MR) is 247 cm³/mol. The van der Waals surface area contributed by atoms with E-state index in [1.54, 1.807) is 36.4 Å². The van der Waals surface area contributed by atoms with Crippen molar-refractivity contribution in [2.75, 3.05) is 0 Å². The number of phenolic OH excluding ortho intramolecular Hbond substituents is 4. The van der Waals surface area contributed by atoms with Crippen LogP contribution in [0.25, 0.3) is 0 Å². The molecule has 0 aromatic heterocycles. The minimum atomic E-state index is -5.47. The molecule has 0 unspecified atom stereocenters. The number of phenols is 4. The van der Waals surface area contributed by atoms with Crippen molar-refractivity contribution >= 4 is 141 Å². The Hall–Kier alpha value is 2.49. The Balaban J connectivity index is -0.000000691. The zero-order valence-corrected chi connectivity index (χ0v) is 49.9. The molecule has 4 rings (SSSR count). The van der Waals surface area contributed by atoms with E-state index in [2.05, 4.69) is 27.7 Å². The van der Waals surface area contributed by atoms with E-state index in [1.165, 1.54) is 0 Å². The number of rotatable bonds is 4. The van der Waals surface area contributed by atoms with Gasteiger partial charge in [-0.3, -0.25) is 0 Å². The Labute approximate surface area is 393 Å². The fourth-order valence-corrected chi connectivity index (χ4v) is 4.18. The first-order valence-electron chi connectivity index (χ1n) is 14.3. The number of aryl methyl sites for hydroxylation is 2. The van der Waals surface area contributed by atoms with Gasteiger partial charge in [-0.25, -0.2) is 0 Å². The molecule has 0 heterocycles. The van der Waals surface area contributed by atoms with Gasteiger partial charge in [0.25, 0.3) is 0 Å². The maximum atomic E-state index is 9.63. The molecule has 0 bridgehead atoms. The van der Waals surface area contributed by atoms with Crippen LogP contribution in [-0.2, 0) is 39.6 Å². The molecule has 56 heavy (non-hydrogen) atoms. The average molecular weight is 1600 g/mol. The summed E-state index contributed by atoms with van der Waals surface area (Å²) >= 11 is -3.28. The van der Waals surface area contributed by atoms with Crippen molar-refractivity contribution in [2.24, 2.45) is 0 Å². The summed E-state index contributed by atoms with van der Waals surface area (Å²) in [5, 5.41) is 37.8. The summed E-state index contributed by atoms with van der Waals surface area (Å²) in [5.41, 5.74) is 5.98. The molecular weight excluding hydrogens is 1560 g/mol. The summed E-state index contributed by atoms with van der Waals surface area (Å²) < 4.78 is 0. The van der Waals surface area contributed by atoms with Crippen molar-refractivity contribution in [2.45, 2.75) is 59.8 Å². The van der Waals surface area contributed by atoms with Gasteiger partial charge in [-0.1, -0.05) is 83.7 Å². The number of benzene rings is 4. The third kappa shape index (κ3) is 33.1. The van der Waals surface area contributed by atoms with E-state index in [0.29, 0.717) is 11.5 Å². The van der Waals surface area contributed by atoms with Crippen LogP contribution in [0.3, 0.4) is 0 Å². The number of aromatic hydroxyl groups is 4. The van der Waals surface area contributed by atoms with E-state index < -0.39 is 28.8 Å². The third-order valence-electron chi connectivity index (χ3n) is 7.01. The summed E-state index contributed by atoms with van der Waals surface area (Å²) in [6, 6.07) is 25.8. The normalized spacial score (nSPS) is 13.7. The first-order valence-corrected chi connectivity index (χ1v) is 68.8. The molecule has 22 heteroatoms. The number of halogens is 15. The van der Waals surface area contributed by atoms with Crippen molar-refractivity contribution in [3.05, 3.63) is 126 Å². The van der Waals surface area contributed by atoms with Crippen molar-refractivity contribution in [1.82, 2.24) is 0 Å². The first-order chi connectivity index (χ1) is 23.5. The summed E-state index contributed by atoms with van der Waals surface area (Å²) in [7, 11) is 66.0. The van der Waals surface area contributed by atoms with Gasteiger partial charge < -0.3 is 27.9 Å². The van der Waals surface area contributed by atoms with Crippen LogP contribution >= 0.6 is 141 Å². The van der Waals surface area contributed by atoms with Crippen molar-refractivity contribution in [1.29, 1.82) is 0 Å². The van der Waals surface area contributed by atoms with Crippen LogP contribution in [0.4, 0.5) is 0 Å². The van der Waals surface area contributed by atoms with Gasteiger partial charge in [0.15, 0.2) is 0 Å². The fourth-order valence-electron chi connectivity index (χ4n) is 4.18. The molecular formula is C34H43Cl15O4W3-. The second kappa shape index (κ2) is 22.9. The van der Waals surface area contributed by atoms with Crippen molar-refractivity contribution in [3.8, 4) is 23.0 Å². The van der Waals surface area contributed by atoms with E-state index in [1.807, 2.05) is 62.4 Å². The van der Waals surface area contributed by atoms with Crippen LogP contribution in [0.2, 0.25) is 0 Å². The van der Waals surface area contributed by atoms with Crippen LogP contribution < -0.4 is 0 Å². The number of hydrogen-bond donors (Lipinski definition) is 4. The third-order valence-corrected chi connectivity index (χ3v) is 7.01. The molecule has 4 nitrogen and oxygen atoms in total. The van der Waals surface area contributed by atoms with E-state index in [-0.39, 0.29) is 37.2 Å². The molecule has 0 aliphatic carbocycles. The Kier molecular flexibility index (Phi) is 25.7. The van der Waals surface area contributed by atoms with Gasteiger partial charge >= 0.3 is 170 Å².